The van der Waals surface area contributed by atoms with Gasteiger partial charge in [0.25, 0.3) is 5.69 Å². The average molecular weight is 354 g/mol. The van der Waals surface area contributed by atoms with Gasteiger partial charge in [-0.2, -0.15) is 0 Å². The van der Waals surface area contributed by atoms with E-state index in [-0.39, 0.29) is 23.4 Å². The molecule has 0 fully saturated rings. The van der Waals surface area contributed by atoms with Crippen molar-refractivity contribution in [1.82, 2.24) is 4.72 Å². The first kappa shape index (κ1) is 17.6. The Kier molecular flexibility index (Phi) is 5.51. The van der Waals surface area contributed by atoms with Crippen LogP contribution in [0.1, 0.15) is 30.3 Å². The van der Waals surface area contributed by atoms with Crippen molar-refractivity contribution in [3.63, 3.8) is 0 Å². The van der Waals surface area contributed by atoms with Gasteiger partial charge in [-0.3, -0.25) is 10.1 Å². The zero-order valence-corrected chi connectivity index (χ0v) is 14.4. The monoisotopic (exact) mass is 354 g/mol. The van der Waals surface area contributed by atoms with Crippen LogP contribution in [0.5, 0.6) is 0 Å². The second-order valence-corrected chi connectivity index (χ2v) is 8.27. The van der Waals surface area contributed by atoms with Gasteiger partial charge in [-0.25, -0.2) is 13.1 Å². The van der Waals surface area contributed by atoms with Crippen molar-refractivity contribution in [3.05, 3.63) is 62.3 Å². The smallest absolute Gasteiger partial charge is 0.258 e. The zero-order valence-electron chi connectivity index (χ0n) is 12.8. The Morgan fingerprint density at radius 3 is 2.35 bits per heavy atom. The second-order valence-electron chi connectivity index (χ2n) is 5.54. The van der Waals surface area contributed by atoms with E-state index in [0.717, 1.165) is 4.88 Å². The number of nitro benzene ring substituents is 1. The molecular weight excluding hydrogens is 336 g/mol. The standard InChI is InChI=1S/C15H18N2O4S2/c1-11(2)15(14-4-3-9-22-14)16-23(20,21)10-12-5-7-13(8-6-12)17(18)19/h3-9,11,15-16H,10H2,1-2H3. The maximum absolute atomic E-state index is 12.4. The zero-order chi connectivity index (χ0) is 17.0. The first-order valence-corrected chi connectivity index (χ1v) is 9.58. The van der Waals surface area contributed by atoms with Crippen LogP contribution in [0, 0.1) is 16.0 Å². The molecule has 0 amide bonds. The molecule has 1 unspecified atom stereocenters. The number of nitrogens with zero attached hydrogens (tertiary/aromatic N) is 1. The molecule has 0 aliphatic heterocycles. The van der Waals surface area contributed by atoms with Crippen molar-refractivity contribution in [1.29, 1.82) is 0 Å². The fourth-order valence-corrected chi connectivity index (χ4v) is 4.68. The molecule has 2 aromatic rings. The van der Waals surface area contributed by atoms with E-state index in [2.05, 4.69) is 4.72 Å². The van der Waals surface area contributed by atoms with Gasteiger partial charge in [-0.15, -0.1) is 11.3 Å². The lowest BCUT2D eigenvalue weighted by atomic mass is 10.0. The minimum atomic E-state index is -3.55. The number of nitro groups is 1. The molecule has 0 bridgehead atoms. The fraction of sp³-hybridized carbons (Fsp3) is 0.333. The molecule has 1 aromatic heterocycles. The Morgan fingerprint density at radius 1 is 1.22 bits per heavy atom. The SMILES string of the molecule is CC(C)C(NS(=O)(=O)Cc1ccc([N+](=O)[O-])cc1)c1cccs1. The van der Waals surface area contributed by atoms with Gasteiger partial charge < -0.3 is 0 Å². The highest BCUT2D eigenvalue weighted by molar-refractivity contribution is 7.88. The van der Waals surface area contributed by atoms with Crippen molar-refractivity contribution in [3.8, 4) is 0 Å². The Balaban J connectivity index is 2.13. The van der Waals surface area contributed by atoms with E-state index in [1.165, 1.54) is 35.6 Å². The van der Waals surface area contributed by atoms with Crippen molar-refractivity contribution in [2.45, 2.75) is 25.6 Å². The molecule has 1 heterocycles. The molecule has 1 N–H and O–H groups in total. The molecule has 124 valence electrons. The molecule has 0 saturated carbocycles. The van der Waals surface area contributed by atoms with Crippen molar-refractivity contribution < 1.29 is 13.3 Å². The first-order chi connectivity index (χ1) is 10.8. The molecule has 6 nitrogen and oxygen atoms in total. The Hall–Kier alpha value is -1.77. The van der Waals surface area contributed by atoms with Crippen LogP contribution in [0.4, 0.5) is 5.69 Å². The van der Waals surface area contributed by atoms with Gasteiger partial charge in [-0.1, -0.05) is 32.0 Å². The topological polar surface area (TPSA) is 89.3 Å². The van der Waals surface area contributed by atoms with Crippen LogP contribution in [0.2, 0.25) is 0 Å². The third kappa shape index (κ3) is 4.85. The van der Waals surface area contributed by atoms with E-state index in [4.69, 9.17) is 0 Å². The van der Waals surface area contributed by atoms with Gasteiger partial charge in [0.05, 0.1) is 16.7 Å². The first-order valence-electron chi connectivity index (χ1n) is 7.05. The van der Waals surface area contributed by atoms with E-state index >= 15 is 0 Å². The maximum atomic E-state index is 12.4. The van der Waals surface area contributed by atoms with Crippen LogP contribution in [0.15, 0.2) is 41.8 Å². The summed E-state index contributed by atoms with van der Waals surface area (Å²) in [7, 11) is -3.55. The number of nitrogens with one attached hydrogen (secondary N) is 1. The van der Waals surface area contributed by atoms with Gasteiger partial charge in [-0.05, 0) is 22.9 Å². The van der Waals surface area contributed by atoms with E-state index in [0.29, 0.717) is 5.56 Å². The predicted octanol–water partition coefficient (Wildman–Crippen LogP) is 3.47. The summed E-state index contributed by atoms with van der Waals surface area (Å²) in [5, 5.41) is 12.5. The number of rotatable bonds is 7. The number of benzene rings is 1. The third-order valence-corrected chi connectivity index (χ3v) is 5.61. The summed E-state index contributed by atoms with van der Waals surface area (Å²) in [6.45, 7) is 3.91. The Morgan fingerprint density at radius 2 is 1.87 bits per heavy atom. The predicted molar refractivity (Wildman–Crippen MR) is 90.8 cm³/mol. The normalized spacial score (nSPS) is 13.2. The highest BCUT2D eigenvalue weighted by Crippen LogP contribution is 2.27. The molecule has 0 aliphatic rings. The second kappa shape index (κ2) is 7.20. The van der Waals surface area contributed by atoms with Crippen molar-refractivity contribution >= 4 is 27.0 Å². The highest BCUT2D eigenvalue weighted by atomic mass is 32.2. The summed E-state index contributed by atoms with van der Waals surface area (Å²) in [4.78, 5) is 11.1. The van der Waals surface area contributed by atoms with Gasteiger partial charge in [0.15, 0.2) is 0 Å². The quantitative estimate of drug-likeness (QED) is 0.609. The molecule has 0 radical (unpaired) electrons. The lowest BCUT2D eigenvalue weighted by Crippen LogP contribution is -2.32. The number of sulfonamides is 1. The highest BCUT2D eigenvalue weighted by Gasteiger charge is 2.23. The molecule has 1 atom stereocenters. The molecule has 8 heteroatoms. The lowest BCUT2D eigenvalue weighted by molar-refractivity contribution is -0.384. The van der Waals surface area contributed by atoms with Crippen LogP contribution >= 0.6 is 11.3 Å². The van der Waals surface area contributed by atoms with Crippen LogP contribution in [0.25, 0.3) is 0 Å². The summed E-state index contributed by atoms with van der Waals surface area (Å²) in [6, 6.07) is 9.07. The van der Waals surface area contributed by atoms with Crippen LogP contribution in [-0.4, -0.2) is 13.3 Å². The number of hydrogen-bond donors (Lipinski definition) is 1. The van der Waals surface area contributed by atoms with E-state index in [1.54, 1.807) is 0 Å². The molecule has 0 spiro atoms. The van der Waals surface area contributed by atoms with Crippen molar-refractivity contribution in [2.24, 2.45) is 5.92 Å². The Bertz CT molecular complexity index is 753. The fourth-order valence-electron chi connectivity index (χ4n) is 2.16. The average Bonchev–Trinajstić information content (AvgIpc) is 2.98. The van der Waals surface area contributed by atoms with Crippen molar-refractivity contribution in [2.75, 3.05) is 0 Å². The van der Waals surface area contributed by atoms with Gasteiger partial charge in [0, 0.05) is 17.0 Å². The maximum Gasteiger partial charge on any atom is 0.269 e. The molecular formula is C15H18N2O4S2. The van der Waals surface area contributed by atoms with E-state index in [9.17, 15) is 18.5 Å². The van der Waals surface area contributed by atoms with E-state index < -0.39 is 14.9 Å². The van der Waals surface area contributed by atoms with Crippen LogP contribution < -0.4 is 4.72 Å². The molecule has 23 heavy (non-hydrogen) atoms. The number of non-ortho nitro benzene ring substituents is 1. The molecule has 0 aliphatic carbocycles. The van der Waals surface area contributed by atoms with Gasteiger partial charge in [0.2, 0.25) is 10.0 Å². The van der Waals surface area contributed by atoms with Gasteiger partial charge >= 0.3 is 0 Å². The number of hydrogen-bond acceptors (Lipinski definition) is 5. The summed E-state index contributed by atoms with van der Waals surface area (Å²) < 4.78 is 27.5. The molecule has 0 saturated heterocycles. The molecule has 2 rings (SSSR count). The van der Waals surface area contributed by atoms with Crippen LogP contribution in [-0.2, 0) is 15.8 Å². The summed E-state index contributed by atoms with van der Waals surface area (Å²) >= 11 is 1.51. The summed E-state index contributed by atoms with van der Waals surface area (Å²) in [5.74, 6) is -0.0974. The minimum Gasteiger partial charge on any atom is -0.258 e. The minimum absolute atomic E-state index is 0.0576. The Labute approximate surface area is 139 Å². The summed E-state index contributed by atoms with van der Waals surface area (Å²) in [5.41, 5.74) is 0.453. The number of thiophene rings is 1. The lowest BCUT2D eigenvalue weighted by Gasteiger charge is -2.21. The molecule has 1 aromatic carbocycles. The van der Waals surface area contributed by atoms with Gasteiger partial charge in [0.1, 0.15) is 0 Å². The van der Waals surface area contributed by atoms with Crippen LogP contribution in [0.3, 0.4) is 0 Å². The summed E-state index contributed by atoms with van der Waals surface area (Å²) in [6.07, 6.45) is 0. The third-order valence-electron chi connectivity index (χ3n) is 3.33. The largest absolute Gasteiger partial charge is 0.269 e. The van der Waals surface area contributed by atoms with E-state index in [1.807, 2.05) is 31.4 Å².